The molecule has 116 valence electrons. The van der Waals surface area contributed by atoms with Crippen molar-refractivity contribution < 1.29 is 9.32 Å². The molecule has 0 unspecified atom stereocenters. The third kappa shape index (κ3) is 2.73. The van der Waals surface area contributed by atoms with Gasteiger partial charge in [0.15, 0.2) is 0 Å². The first kappa shape index (κ1) is 14.7. The average Bonchev–Trinajstić information content (AvgIpc) is 2.86. The number of likely N-dealkylation sites (tertiary alicyclic amines) is 1. The van der Waals surface area contributed by atoms with E-state index in [0.717, 1.165) is 54.3 Å². The van der Waals surface area contributed by atoms with Gasteiger partial charge < -0.3 is 9.42 Å². The Morgan fingerprint density at radius 1 is 1.23 bits per heavy atom. The van der Waals surface area contributed by atoms with Crippen molar-refractivity contribution in [2.75, 3.05) is 13.1 Å². The fourth-order valence-corrected chi connectivity index (χ4v) is 3.02. The molecule has 0 atom stereocenters. The number of carbonyl (C=O) groups is 1. The molecular formula is C16H20N4O2. The topological polar surface area (TPSA) is 72.1 Å². The van der Waals surface area contributed by atoms with Crippen molar-refractivity contribution in [1.29, 1.82) is 0 Å². The van der Waals surface area contributed by atoms with Gasteiger partial charge in [0.1, 0.15) is 5.76 Å². The maximum absolute atomic E-state index is 11.4. The molecule has 0 aromatic carbocycles. The number of aryl methyl sites for hydroxylation is 2. The van der Waals surface area contributed by atoms with Gasteiger partial charge in [0.05, 0.1) is 28.8 Å². The van der Waals surface area contributed by atoms with Crippen molar-refractivity contribution in [2.45, 2.75) is 39.5 Å². The van der Waals surface area contributed by atoms with Crippen LogP contribution in [0.25, 0.3) is 11.3 Å². The maximum atomic E-state index is 11.4. The van der Waals surface area contributed by atoms with Gasteiger partial charge in [-0.25, -0.2) is 0 Å². The molecule has 0 saturated carbocycles. The van der Waals surface area contributed by atoms with Crippen LogP contribution in [0, 0.1) is 13.8 Å². The summed E-state index contributed by atoms with van der Waals surface area (Å²) in [6.45, 7) is 7.00. The number of hydrogen-bond donors (Lipinski definition) is 0. The summed E-state index contributed by atoms with van der Waals surface area (Å²) in [6, 6.07) is 0. The zero-order valence-corrected chi connectivity index (χ0v) is 13.2. The summed E-state index contributed by atoms with van der Waals surface area (Å²) in [5.41, 5.74) is 3.54. The van der Waals surface area contributed by atoms with Gasteiger partial charge in [-0.2, -0.15) is 0 Å². The maximum Gasteiger partial charge on any atom is 0.219 e. The van der Waals surface area contributed by atoms with Crippen LogP contribution >= 0.6 is 0 Å². The van der Waals surface area contributed by atoms with Gasteiger partial charge in [0.25, 0.3) is 0 Å². The largest absolute Gasteiger partial charge is 0.361 e. The molecule has 0 radical (unpaired) electrons. The molecule has 3 rings (SSSR count). The van der Waals surface area contributed by atoms with Crippen molar-refractivity contribution in [1.82, 2.24) is 20.0 Å². The Hall–Kier alpha value is -2.24. The summed E-state index contributed by atoms with van der Waals surface area (Å²) in [7, 11) is 0. The highest BCUT2D eigenvalue weighted by Gasteiger charge is 2.23. The second-order valence-electron chi connectivity index (χ2n) is 5.81. The van der Waals surface area contributed by atoms with E-state index >= 15 is 0 Å². The quantitative estimate of drug-likeness (QED) is 0.852. The summed E-state index contributed by atoms with van der Waals surface area (Å²) in [5, 5.41) is 3.95. The van der Waals surface area contributed by atoms with E-state index in [-0.39, 0.29) is 5.91 Å². The van der Waals surface area contributed by atoms with E-state index in [0.29, 0.717) is 5.92 Å². The number of hydrogen-bond acceptors (Lipinski definition) is 5. The minimum absolute atomic E-state index is 0.151. The minimum Gasteiger partial charge on any atom is -0.361 e. The Morgan fingerprint density at radius 2 is 1.95 bits per heavy atom. The van der Waals surface area contributed by atoms with Gasteiger partial charge in [0, 0.05) is 32.1 Å². The van der Waals surface area contributed by atoms with Crippen LogP contribution in [0.2, 0.25) is 0 Å². The molecule has 0 aliphatic carbocycles. The summed E-state index contributed by atoms with van der Waals surface area (Å²) in [4.78, 5) is 22.4. The van der Waals surface area contributed by atoms with Gasteiger partial charge in [-0.3, -0.25) is 14.8 Å². The van der Waals surface area contributed by atoms with Gasteiger partial charge >= 0.3 is 0 Å². The predicted molar refractivity (Wildman–Crippen MR) is 81.2 cm³/mol. The normalized spacial score (nSPS) is 16.0. The Bertz CT molecular complexity index is 650. The van der Waals surface area contributed by atoms with E-state index in [4.69, 9.17) is 4.52 Å². The second-order valence-corrected chi connectivity index (χ2v) is 5.81. The van der Waals surface area contributed by atoms with Crippen molar-refractivity contribution >= 4 is 5.91 Å². The monoisotopic (exact) mass is 300 g/mol. The van der Waals surface area contributed by atoms with E-state index in [1.54, 1.807) is 13.1 Å². The molecule has 0 N–H and O–H groups in total. The molecule has 6 heteroatoms. The fourth-order valence-electron chi connectivity index (χ4n) is 3.02. The SMILES string of the molecule is CC(=O)N1CCC(c2cnc(-c3c(C)noc3C)cn2)CC1. The molecular weight excluding hydrogens is 280 g/mol. The number of piperidine rings is 1. The Balaban J connectivity index is 1.74. The summed E-state index contributed by atoms with van der Waals surface area (Å²) < 4.78 is 5.18. The lowest BCUT2D eigenvalue weighted by molar-refractivity contribution is -0.129. The Kier molecular flexibility index (Phi) is 3.92. The van der Waals surface area contributed by atoms with Crippen molar-refractivity contribution in [3.63, 3.8) is 0 Å². The first-order chi connectivity index (χ1) is 10.6. The van der Waals surface area contributed by atoms with Gasteiger partial charge in [-0.1, -0.05) is 5.16 Å². The van der Waals surface area contributed by atoms with Crippen molar-refractivity contribution in [3.8, 4) is 11.3 Å². The summed E-state index contributed by atoms with van der Waals surface area (Å²) in [5.74, 6) is 1.29. The molecule has 2 aromatic heterocycles. The lowest BCUT2D eigenvalue weighted by Gasteiger charge is -2.30. The summed E-state index contributed by atoms with van der Waals surface area (Å²) in [6.07, 6.45) is 5.52. The van der Waals surface area contributed by atoms with Gasteiger partial charge in [0.2, 0.25) is 5.91 Å². The molecule has 0 bridgehead atoms. The molecule has 1 aliphatic rings. The molecule has 1 fully saturated rings. The van der Waals surface area contributed by atoms with Crippen LogP contribution < -0.4 is 0 Å². The van der Waals surface area contributed by atoms with E-state index in [2.05, 4.69) is 15.1 Å². The molecule has 6 nitrogen and oxygen atoms in total. The third-order valence-electron chi connectivity index (χ3n) is 4.32. The predicted octanol–water partition coefficient (Wildman–Crippen LogP) is 2.47. The van der Waals surface area contributed by atoms with E-state index in [1.807, 2.05) is 24.9 Å². The number of rotatable bonds is 2. The molecule has 0 spiro atoms. The molecule has 3 heterocycles. The zero-order chi connectivity index (χ0) is 15.7. The Morgan fingerprint density at radius 3 is 2.45 bits per heavy atom. The number of nitrogens with zero attached hydrogens (tertiary/aromatic N) is 4. The van der Waals surface area contributed by atoms with Crippen LogP contribution in [0.4, 0.5) is 0 Å². The van der Waals surface area contributed by atoms with Crippen LogP contribution in [0.3, 0.4) is 0 Å². The first-order valence-corrected chi connectivity index (χ1v) is 7.57. The highest BCUT2D eigenvalue weighted by atomic mass is 16.5. The number of carbonyl (C=O) groups excluding carboxylic acids is 1. The molecule has 1 saturated heterocycles. The van der Waals surface area contributed by atoms with Crippen molar-refractivity contribution in [2.24, 2.45) is 0 Å². The highest BCUT2D eigenvalue weighted by molar-refractivity contribution is 5.73. The second kappa shape index (κ2) is 5.87. The lowest BCUT2D eigenvalue weighted by Crippen LogP contribution is -2.36. The van der Waals surface area contributed by atoms with Crippen LogP contribution in [0.1, 0.15) is 42.8 Å². The van der Waals surface area contributed by atoms with E-state index in [9.17, 15) is 4.79 Å². The summed E-state index contributed by atoms with van der Waals surface area (Å²) >= 11 is 0. The minimum atomic E-state index is 0.151. The van der Waals surface area contributed by atoms with Gasteiger partial charge in [-0.15, -0.1) is 0 Å². The van der Waals surface area contributed by atoms with Crippen LogP contribution in [-0.4, -0.2) is 39.0 Å². The first-order valence-electron chi connectivity index (χ1n) is 7.57. The smallest absolute Gasteiger partial charge is 0.219 e. The average molecular weight is 300 g/mol. The molecule has 1 aliphatic heterocycles. The lowest BCUT2D eigenvalue weighted by atomic mass is 9.93. The van der Waals surface area contributed by atoms with Crippen LogP contribution in [-0.2, 0) is 4.79 Å². The van der Waals surface area contributed by atoms with Crippen LogP contribution in [0.5, 0.6) is 0 Å². The molecule has 1 amide bonds. The van der Waals surface area contributed by atoms with E-state index < -0.39 is 0 Å². The molecule has 22 heavy (non-hydrogen) atoms. The molecule has 2 aromatic rings. The highest BCUT2D eigenvalue weighted by Crippen LogP contribution is 2.28. The zero-order valence-electron chi connectivity index (χ0n) is 13.2. The fraction of sp³-hybridized carbons (Fsp3) is 0.500. The Labute approximate surface area is 129 Å². The van der Waals surface area contributed by atoms with Crippen LogP contribution in [0.15, 0.2) is 16.9 Å². The van der Waals surface area contributed by atoms with Crippen molar-refractivity contribution in [3.05, 3.63) is 29.5 Å². The number of amides is 1. The standard InChI is InChI=1S/C16H20N4O2/c1-10-16(11(2)22-19-10)15-9-17-14(8-18-15)13-4-6-20(7-5-13)12(3)21/h8-9,13H,4-7H2,1-3H3. The van der Waals surface area contributed by atoms with Gasteiger partial charge in [-0.05, 0) is 26.7 Å². The number of aromatic nitrogens is 3. The third-order valence-corrected chi connectivity index (χ3v) is 4.32. The van der Waals surface area contributed by atoms with E-state index in [1.165, 1.54) is 0 Å².